The monoisotopic (exact) mass is 195 g/mol. The highest BCUT2D eigenvalue weighted by molar-refractivity contribution is 5.38. The number of hydrogen-bond acceptors (Lipinski definition) is 3. The number of aryl methyl sites for hydroxylation is 1. The molecular formula is C11H17NO2. The Balaban J connectivity index is 3.10. The van der Waals surface area contributed by atoms with Crippen molar-refractivity contribution in [3.8, 4) is 5.75 Å². The number of rotatable bonds is 3. The molecule has 0 radical (unpaired) electrons. The summed E-state index contributed by atoms with van der Waals surface area (Å²) in [6.45, 7) is 3.74. The third-order valence-electron chi connectivity index (χ3n) is 2.20. The van der Waals surface area contributed by atoms with E-state index in [9.17, 15) is 5.11 Å². The molecule has 0 aliphatic heterocycles. The van der Waals surface area contributed by atoms with Gasteiger partial charge in [-0.15, -0.1) is 0 Å². The number of hydrogen-bond donors (Lipinski definition) is 2. The van der Waals surface area contributed by atoms with E-state index >= 15 is 0 Å². The van der Waals surface area contributed by atoms with Crippen molar-refractivity contribution in [3.05, 3.63) is 29.3 Å². The molecule has 0 saturated heterocycles. The summed E-state index contributed by atoms with van der Waals surface area (Å²) in [7, 11) is 1.59. The lowest BCUT2D eigenvalue weighted by Gasteiger charge is -2.18. The fraction of sp³-hybridized carbons (Fsp3) is 0.455. The average Bonchev–Trinajstić information content (AvgIpc) is 2.16. The van der Waals surface area contributed by atoms with Crippen molar-refractivity contribution in [3.63, 3.8) is 0 Å². The zero-order chi connectivity index (χ0) is 10.7. The first kappa shape index (κ1) is 11.0. The van der Waals surface area contributed by atoms with Crippen molar-refractivity contribution in [2.45, 2.75) is 26.0 Å². The Hall–Kier alpha value is -1.06. The van der Waals surface area contributed by atoms with Crippen LogP contribution in [-0.4, -0.2) is 18.3 Å². The van der Waals surface area contributed by atoms with Gasteiger partial charge in [0.25, 0.3) is 0 Å². The van der Waals surface area contributed by atoms with Crippen LogP contribution in [0, 0.1) is 6.92 Å². The molecule has 0 saturated carbocycles. The molecule has 0 aliphatic rings. The maximum Gasteiger partial charge on any atom is 0.124 e. The van der Waals surface area contributed by atoms with Crippen molar-refractivity contribution in [2.24, 2.45) is 5.73 Å². The maximum absolute atomic E-state index is 9.83. The minimum absolute atomic E-state index is 0.300. The Kier molecular flexibility index (Phi) is 3.49. The second kappa shape index (κ2) is 4.44. The van der Waals surface area contributed by atoms with Gasteiger partial charge >= 0.3 is 0 Å². The lowest BCUT2D eigenvalue weighted by atomic mass is 10.0. The van der Waals surface area contributed by atoms with E-state index in [0.29, 0.717) is 5.75 Å². The van der Waals surface area contributed by atoms with Crippen LogP contribution in [0.2, 0.25) is 0 Å². The number of benzene rings is 1. The maximum atomic E-state index is 9.83. The number of aliphatic hydroxyl groups is 1. The van der Waals surface area contributed by atoms with Gasteiger partial charge in [0.1, 0.15) is 5.75 Å². The second-order valence-corrected chi connectivity index (χ2v) is 3.55. The highest BCUT2D eigenvalue weighted by atomic mass is 16.5. The summed E-state index contributed by atoms with van der Waals surface area (Å²) in [6, 6.07) is 5.38. The highest BCUT2D eigenvalue weighted by Gasteiger charge is 2.16. The fourth-order valence-corrected chi connectivity index (χ4v) is 1.37. The number of nitrogens with two attached hydrogens (primary N) is 1. The minimum atomic E-state index is -0.676. The smallest absolute Gasteiger partial charge is 0.124 e. The molecule has 0 aromatic heterocycles. The van der Waals surface area contributed by atoms with Gasteiger partial charge in [-0.25, -0.2) is 0 Å². The summed E-state index contributed by atoms with van der Waals surface area (Å²) in [5, 5.41) is 9.83. The standard InChI is InChI=1S/C11H17NO2/c1-7-4-5-10(14-3)9(6-7)11(13)8(2)12/h4-6,8,11,13H,12H2,1-3H3/t8-,11-/m0/s1. The molecule has 1 aromatic rings. The van der Waals surface area contributed by atoms with Gasteiger partial charge in [0.2, 0.25) is 0 Å². The normalized spacial score (nSPS) is 14.9. The van der Waals surface area contributed by atoms with Gasteiger partial charge in [0.05, 0.1) is 13.2 Å². The molecule has 3 heteroatoms. The number of ether oxygens (including phenoxy) is 1. The van der Waals surface area contributed by atoms with E-state index in [1.165, 1.54) is 0 Å². The van der Waals surface area contributed by atoms with Crippen LogP contribution >= 0.6 is 0 Å². The predicted octanol–water partition coefficient (Wildman–Crippen LogP) is 1.38. The third-order valence-corrected chi connectivity index (χ3v) is 2.20. The molecule has 0 spiro atoms. The number of aliphatic hydroxyl groups excluding tert-OH is 1. The van der Waals surface area contributed by atoms with Gasteiger partial charge in [0.15, 0.2) is 0 Å². The van der Waals surface area contributed by atoms with E-state index in [1.807, 2.05) is 25.1 Å². The van der Waals surface area contributed by atoms with Crippen LogP contribution in [0.1, 0.15) is 24.2 Å². The van der Waals surface area contributed by atoms with Crippen molar-refractivity contribution in [1.29, 1.82) is 0 Å². The van der Waals surface area contributed by atoms with Gasteiger partial charge in [0, 0.05) is 11.6 Å². The lowest BCUT2D eigenvalue weighted by Crippen LogP contribution is -2.24. The molecule has 0 heterocycles. The lowest BCUT2D eigenvalue weighted by molar-refractivity contribution is 0.149. The van der Waals surface area contributed by atoms with E-state index in [2.05, 4.69) is 0 Å². The molecule has 0 aliphatic carbocycles. The molecule has 0 fully saturated rings. The van der Waals surface area contributed by atoms with Crippen LogP contribution in [0.5, 0.6) is 5.75 Å². The average molecular weight is 195 g/mol. The van der Waals surface area contributed by atoms with Gasteiger partial charge < -0.3 is 15.6 Å². The topological polar surface area (TPSA) is 55.5 Å². The van der Waals surface area contributed by atoms with E-state index in [4.69, 9.17) is 10.5 Å². The zero-order valence-corrected chi connectivity index (χ0v) is 8.82. The summed E-state index contributed by atoms with van der Waals surface area (Å²) in [5.74, 6) is 0.681. The Morgan fingerprint density at radius 3 is 2.57 bits per heavy atom. The Morgan fingerprint density at radius 1 is 1.43 bits per heavy atom. The molecule has 3 nitrogen and oxygen atoms in total. The predicted molar refractivity (Wildman–Crippen MR) is 56.3 cm³/mol. The Bertz CT molecular complexity index is 310. The molecular weight excluding hydrogens is 178 g/mol. The van der Waals surface area contributed by atoms with E-state index in [1.54, 1.807) is 14.0 Å². The summed E-state index contributed by atoms with van der Waals surface area (Å²) < 4.78 is 5.16. The third kappa shape index (κ3) is 2.25. The molecule has 1 aromatic carbocycles. The van der Waals surface area contributed by atoms with Crippen molar-refractivity contribution < 1.29 is 9.84 Å². The molecule has 14 heavy (non-hydrogen) atoms. The largest absolute Gasteiger partial charge is 0.496 e. The van der Waals surface area contributed by atoms with Crippen molar-refractivity contribution >= 4 is 0 Å². The molecule has 3 N–H and O–H groups in total. The summed E-state index contributed by atoms with van der Waals surface area (Å²) in [5.41, 5.74) is 7.47. The van der Waals surface area contributed by atoms with E-state index in [0.717, 1.165) is 11.1 Å². The SMILES string of the molecule is COc1ccc(C)cc1[C@@H](O)[C@H](C)N. The van der Waals surface area contributed by atoms with E-state index < -0.39 is 6.10 Å². The van der Waals surface area contributed by atoms with Crippen LogP contribution in [0.25, 0.3) is 0 Å². The molecule has 0 amide bonds. The molecule has 78 valence electrons. The summed E-state index contributed by atoms with van der Waals surface area (Å²) in [4.78, 5) is 0. The van der Waals surface area contributed by atoms with Gasteiger partial charge in [-0.1, -0.05) is 11.6 Å². The first-order chi connectivity index (χ1) is 6.56. The molecule has 0 unspecified atom stereocenters. The van der Waals surface area contributed by atoms with Gasteiger partial charge in [-0.2, -0.15) is 0 Å². The van der Waals surface area contributed by atoms with E-state index in [-0.39, 0.29) is 6.04 Å². The van der Waals surface area contributed by atoms with Crippen LogP contribution in [-0.2, 0) is 0 Å². The van der Waals surface area contributed by atoms with Crippen LogP contribution in [0.4, 0.5) is 0 Å². The zero-order valence-electron chi connectivity index (χ0n) is 8.82. The quantitative estimate of drug-likeness (QED) is 0.766. The van der Waals surface area contributed by atoms with Gasteiger partial charge in [-0.05, 0) is 26.0 Å². The van der Waals surface area contributed by atoms with Crippen LogP contribution < -0.4 is 10.5 Å². The molecule has 2 atom stereocenters. The van der Waals surface area contributed by atoms with Gasteiger partial charge in [-0.3, -0.25) is 0 Å². The van der Waals surface area contributed by atoms with Crippen molar-refractivity contribution in [1.82, 2.24) is 0 Å². The van der Waals surface area contributed by atoms with Crippen LogP contribution in [0.15, 0.2) is 18.2 Å². The number of methoxy groups -OCH3 is 1. The van der Waals surface area contributed by atoms with Crippen LogP contribution in [0.3, 0.4) is 0 Å². The highest BCUT2D eigenvalue weighted by Crippen LogP contribution is 2.27. The Labute approximate surface area is 84.5 Å². The Morgan fingerprint density at radius 2 is 2.07 bits per heavy atom. The first-order valence-corrected chi connectivity index (χ1v) is 4.64. The minimum Gasteiger partial charge on any atom is -0.496 e. The molecule has 0 bridgehead atoms. The summed E-state index contributed by atoms with van der Waals surface area (Å²) >= 11 is 0. The second-order valence-electron chi connectivity index (χ2n) is 3.55. The summed E-state index contributed by atoms with van der Waals surface area (Å²) in [6.07, 6.45) is -0.676. The first-order valence-electron chi connectivity index (χ1n) is 4.64. The molecule has 1 rings (SSSR count). The fourth-order valence-electron chi connectivity index (χ4n) is 1.37. The van der Waals surface area contributed by atoms with Crippen molar-refractivity contribution in [2.75, 3.05) is 7.11 Å².